The van der Waals surface area contributed by atoms with E-state index in [-0.39, 0.29) is 5.82 Å². The first-order valence-corrected chi connectivity index (χ1v) is 6.80. The van der Waals surface area contributed by atoms with Crippen LogP contribution in [0, 0.1) is 12.7 Å². The van der Waals surface area contributed by atoms with E-state index < -0.39 is 0 Å². The number of furan rings is 1. The number of hydrogen-bond donors (Lipinski definition) is 2. The lowest BCUT2D eigenvalue weighted by atomic mass is 10.3. The molecule has 0 aliphatic carbocycles. The Balaban J connectivity index is 1.90. The maximum Gasteiger partial charge on any atom is 0.171 e. The van der Waals surface area contributed by atoms with Crippen molar-refractivity contribution in [2.75, 3.05) is 5.32 Å². The van der Waals surface area contributed by atoms with Gasteiger partial charge in [0.1, 0.15) is 17.3 Å². The molecule has 0 bridgehead atoms. The van der Waals surface area contributed by atoms with Crippen LogP contribution in [0.4, 0.5) is 10.1 Å². The predicted molar refractivity (Wildman–Crippen MR) is 80.6 cm³/mol. The summed E-state index contributed by atoms with van der Waals surface area (Å²) in [4.78, 5) is 0. The topological polar surface area (TPSA) is 37.2 Å². The smallest absolute Gasteiger partial charge is 0.171 e. The van der Waals surface area contributed by atoms with E-state index in [0.29, 0.717) is 21.8 Å². The van der Waals surface area contributed by atoms with Gasteiger partial charge in [-0.3, -0.25) is 0 Å². The quantitative estimate of drug-likeness (QED) is 0.827. The Kier molecular flexibility index (Phi) is 4.55. The van der Waals surface area contributed by atoms with E-state index in [1.54, 1.807) is 6.07 Å². The summed E-state index contributed by atoms with van der Waals surface area (Å²) in [6.07, 6.45) is 0. The molecule has 1 aromatic carbocycles. The normalized spacial score (nSPS) is 10.3. The van der Waals surface area contributed by atoms with E-state index in [0.717, 1.165) is 11.5 Å². The van der Waals surface area contributed by atoms with Gasteiger partial charge in [-0.15, -0.1) is 0 Å². The van der Waals surface area contributed by atoms with Crippen LogP contribution in [0.2, 0.25) is 0 Å². The molecule has 2 rings (SSSR count). The summed E-state index contributed by atoms with van der Waals surface area (Å²) in [6, 6.07) is 8.14. The molecule has 0 radical (unpaired) electrons. The first-order chi connectivity index (χ1) is 9.04. The zero-order chi connectivity index (χ0) is 13.8. The number of thiocarbonyl (C=S) groups is 1. The van der Waals surface area contributed by atoms with Crippen molar-refractivity contribution >= 4 is 38.9 Å². The standard InChI is InChI=1S/C13H12BrFN2OS/c1-8-2-4-10(18-8)7-16-13(19)17-12-5-3-9(15)6-11(12)14/h2-6H,7H2,1H3,(H2,16,17,19). The lowest BCUT2D eigenvalue weighted by Crippen LogP contribution is -2.27. The molecule has 0 amide bonds. The summed E-state index contributed by atoms with van der Waals surface area (Å²) in [5.74, 6) is 1.36. The minimum Gasteiger partial charge on any atom is -0.465 e. The van der Waals surface area contributed by atoms with E-state index >= 15 is 0 Å². The molecule has 6 heteroatoms. The van der Waals surface area contributed by atoms with Crippen LogP contribution in [0.5, 0.6) is 0 Å². The maximum atomic E-state index is 12.9. The molecular weight excluding hydrogens is 331 g/mol. The SMILES string of the molecule is Cc1ccc(CNC(=S)Nc2ccc(F)cc2Br)o1. The fourth-order valence-corrected chi connectivity index (χ4v) is 2.14. The van der Waals surface area contributed by atoms with Gasteiger partial charge in [-0.25, -0.2) is 4.39 Å². The Hall–Kier alpha value is -1.40. The molecule has 100 valence electrons. The van der Waals surface area contributed by atoms with Crippen LogP contribution in [0.15, 0.2) is 39.2 Å². The monoisotopic (exact) mass is 342 g/mol. The van der Waals surface area contributed by atoms with Crippen molar-refractivity contribution in [2.24, 2.45) is 0 Å². The molecule has 2 N–H and O–H groups in total. The minimum atomic E-state index is -0.303. The van der Waals surface area contributed by atoms with E-state index in [1.165, 1.54) is 12.1 Å². The van der Waals surface area contributed by atoms with Crippen molar-refractivity contribution in [2.45, 2.75) is 13.5 Å². The second-order valence-electron chi connectivity index (χ2n) is 3.94. The van der Waals surface area contributed by atoms with Crippen LogP contribution in [0.25, 0.3) is 0 Å². The second-order valence-corrected chi connectivity index (χ2v) is 5.21. The van der Waals surface area contributed by atoms with E-state index in [9.17, 15) is 4.39 Å². The number of rotatable bonds is 3. The number of nitrogens with one attached hydrogen (secondary N) is 2. The van der Waals surface area contributed by atoms with Crippen molar-refractivity contribution in [1.29, 1.82) is 0 Å². The van der Waals surface area contributed by atoms with Gasteiger partial charge in [0.25, 0.3) is 0 Å². The van der Waals surface area contributed by atoms with Crippen LogP contribution in [-0.4, -0.2) is 5.11 Å². The lowest BCUT2D eigenvalue weighted by molar-refractivity contribution is 0.478. The molecular formula is C13H12BrFN2OS. The van der Waals surface area contributed by atoms with Crippen molar-refractivity contribution in [3.63, 3.8) is 0 Å². The average molecular weight is 343 g/mol. The van der Waals surface area contributed by atoms with Gasteiger partial charge in [-0.2, -0.15) is 0 Å². The number of hydrogen-bond acceptors (Lipinski definition) is 2. The highest BCUT2D eigenvalue weighted by Crippen LogP contribution is 2.22. The van der Waals surface area contributed by atoms with Crippen molar-refractivity contribution in [3.05, 3.63) is 52.1 Å². The molecule has 0 atom stereocenters. The summed E-state index contributed by atoms with van der Waals surface area (Å²) in [7, 11) is 0. The molecule has 3 nitrogen and oxygen atoms in total. The van der Waals surface area contributed by atoms with Gasteiger partial charge in [0.15, 0.2) is 5.11 Å². The molecule has 1 aromatic heterocycles. The van der Waals surface area contributed by atoms with Crippen molar-refractivity contribution < 1.29 is 8.81 Å². The number of aryl methyl sites for hydroxylation is 1. The van der Waals surface area contributed by atoms with Crippen molar-refractivity contribution in [1.82, 2.24) is 5.32 Å². The first kappa shape index (κ1) is 14.0. The zero-order valence-electron chi connectivity index (χ0n) is 10.2. The maximum absolute atomic E-state index is 12.9. The molecule has 0 unspecified atom stereocenters. The summed E-state index contributed by atoms with van der Waals surface area (Å²) in [6.45, 7) is 2.38. The average Bonchev–Trinajstić information content (AvgIpc) is 2.76. The minimum absolute atomic E-state index is 0.303. The van der Waals surface area contributed by atoms with E-state index in [4.69, 9.17) is 16.6 Å². The Morgan fingerprint density at radius 2 is 2.16 bits per heavy atom. The third-order valence-corrected chi connectivity index (χ3v) is 3.30. The van der Waals surface area contributed by atoms with Crippen LogP contribution in [0.3, 0.4) is 0 Å². The molecule has 0 aliphatic rings. The van der Waals surface area contributed by atoms with Crippen LogP contribution in [-0.2, 0) is 6.54 Å². The number of anilines is 1. The number of halogens is 2. The van der Waals surface area contributed by atoms with E-state index in [2.05, 4.69) is 26.6 Å². The third kappa shape index (κ3) is 4.04. The van der Waals surface area contributed by atoms with Gasteiger partial charge >= 0.3 is 0 Å². The fourth-order valence-electron chi connectivity index (χ4n) is 1.50. The van der Waals surface area contributed by atoms with Crippen LogP contribution < -0.4 is 10.6 Å². The number of benzene rings is 1. The Bertz CT molecular complexity index is 600. The molecule has 0 saturated carbocycles. The van der Waals surface area contributed by atoms with Crippen molar-refractivity contribution in [3.8, 4) is 0 Å². The Morgan fingerprint density at radius 3 is 2.79 bits per heavy atom. The van der Waals surface area contributed by atoms with Gasteiger partial charge in [-0.05, 0) is 65.4 Å². The van der Waals surface area contributed by atoms with E-state index in [1.807, 2.05) is 19.1 Å². The molecule has 1 heterocycles. The summed E-state index contributed by atoms with van der Waals surface area (Å²) >= 11 is 8.42. The van der Waals surface area contributed by atoms with Gasteiger partial charge in [0.2, 0.25) is 0 Å². The molecule has 0 saturated heterocycles. The largest absolute Gasteiger partial charge is 0.465 e. The highest BCUT2D eigenvalue weighted by Gasteiger charge is 2.04. The summed E-state index contributed by atoms with van der Waals surface area (Å²) < 4.78 is 19.0. The second kappa shape index (κ2) is 6.16. The van der Waals surface area contributed by atoms with Gasteiger partial charge in [0.05, 0.1) is 12.2 Å². The molecule has 0 spiro atoms. The highest BCUT2D eigenvalue weighted by atomic mass is 79.9. The van der Waals surface area contributed by atoms with Crippen LogP contribution >= 0.6 is 28.1 Å². The predicted octanol–water partition coefficient (Wildman–Crippen LogP) is 3.98. The lowest BCUT2D eigenvalue weighted by Gasteiger charge is -2.11. The molecule has 0 fully saturated rings. The molecule has 2 aromatic rings. The molecule has 0 aliphatic heterocycles. The van der Waals surface area contributed by atoms with Gasteiger partial charge in [0, 0.05) is 4.47 Å². The first-order valence-electron chi connectivity index (χ1n) is 5.60. The highest BCUT2D eigenvalue weighted by molar-refractivity contribution is 9.10. The fraction of sp³-hybridized carbons (Fsp3) is 0.154. The molecule has 19 heavy (non-hydrogen) atoms. The van der Waals surface area contributed by atoms with Gasteiger partial charge in [-0.1, -0.05) is 0 Å². The zero-order valence-corrected chi connectivity index (χ0v) is 12.6. The van der Waals surface area contributed by atoms with Gasteiger partial charge < -0.3 is 15.1 Å². The third-order valence-electron chi connectivity index (χ3n) is 2.40. The summed E-state index contributed by atoms with van der Waals surface area (Å²) in [5, 5.41) is 6.44. The Morgan fingerprint density at radius 1 is 1.37 bits per heavy atom. The van der Waals surface area contributed by atoms with Crippen LogP contribution in [0.1, 0.15) is 11.5 Å². The summed E-state index contributed by atoms with van der Waals surface area (Å²) in [5.41, 5.74) is 0.703. The Labute approximate surface area is 124 Å².